The first-order valence-electron chi connectivity index (χ1n) is 26.0. The zero-order valence-electron chi connectivity index (χ0n) is 34.9. The predicted molar refractivity (Wildman–Crippen MR) is 293 cm³/mol. The van der Waals surface area contributed by atoms with Crippen LogP contribution in [0.25, 0.3) is 291 Å². The molecule has 0 N–H and O–H groups in total. The Kier molecular flexibility index (Phi) is 1.98. The van der Waals surface area contributed by atoms with Crippen molar-refractivity contribution in [3.8, 4) is 0 Å². The number of thioether (sulfide) groups is 1. The van der Waals surface area contributed by atoms with Crippen molar-refractivity contribution in [2.75, 3.05) is 0 Å². The van der Waals surface area contributed by atoms with Crippen molar-refractivity contribution in [3.05, 3.63) is 57.6 Å². The zero-order chi connectivity index (χ0) is 40.3. The van der Waals surface area contributed by atoms with Gasteiger partial charge in [0.05, 0.1) is 10.8 Å². The number of hydrogen-bond donors (Lipinski definition) is 0. The maximum Gasteiger partial charge on any atom is 0.0539 e. The molecule has 2 aliphatic heterocycles. The highest BCUT2D eigenvalue weighted by Gasteiger charge is 2.80. The van der Waals surface area contributed by atoms with E-state index in [2.05, 4.69) is 36.0 Å². The first kappa shape index (κ1) is 24.9. The van der Waals surface area contributed by atoms with Gasteiger partial charge in [-0.25, -0.2) is 0 Å². The van der Waals surface area contributed by atoms with Crippen LogP contribution in [0.15, 0.2) is 24.3 Å². The standard InChI is InChI=1S/C68H6S/c1-2-4-6-5(3-1)65-67-61-53-45-35-25-17-9-7-8-11-15-13(9)21-29-23(15)33-27-19(11)20-12(8)16-14-10(7)18(17)26-32-22(14)30-24(16)34-28(20)38-37(27)47-41(33)51-43(29)49(39(45)31(21)25)57(61)59(51)63-55(47)56-48(38)42(34)52-44(30)50-40(32)46(36(26)35)54(53)62(67)58(50)60(52)64(56)68(63,67)66(6)69-65/h1-4,65-66H. The fourth-order valence-electron chi connectivity index (χ4n) is 26.2. The minimum atomic E-state index is -0.179. The van der Waals surface area contributed by atoms with Crippen LogP contribution in [0.4, 0.5) is 0 Å². The van der Waals surface area contributed by atoms with Crippen LogP contribution in [0.3, 0.4) is 0 Å². The van der Waals surface area contributed by atoms with E-state index in [0.717, 1.165) is 0 Å². The van der Waals surface area contributed by atoms with Gasteiger partial charge in [-0.1, -0.05) is 24.3 Å². The Morgan fingerprint density at radius 1 is 0.188 bits per heavy atom. The molecule has 0 nitrogen and oxygen atoms in total. The molecule has 2 bridgehead atoms. The fourth-order valence-corrected chi connectivity index (χ4v) is 28.5. The van der Waals surface area contributed by atoms with Crippen molar-refractivity contribution in [3.63, 3.8) is 0 Å². The molecule has 2 heterocycles. The van der Waals surface area contributed by atoms with Gasteiger partial charge in [0, 0.05) is 10.5 Å². The number of hydrogen-bond acceptors (Lipinski definition) is 1. The second-order valence-corrected chi connectivity index (χ2v) is 27.1. The van der Waals surface area contributed by atoms with Gasteiger partial charge in [0.15, 0.2) is 0 Å². The zero-order valence-corrected chi connectivity index (χ0v) is 35.7. The van der Waals surface area contributed by atoms with E-state index in [1.807, 2.05) is 22.3 Å². The third-order valence-corrected chi connectivity index (χ3v) is 27.8. The van der Waals surface area contributed by atoms with Gasteiger partial charge in [0.25, 0.3) is 0 Å². The molecule has 1 heteroatoms. The molecule has 0 radical (unpaired) electrons. The van der Waals surface area contributed by atoms with Crippen LogP contribution in [0, 0.1) is 0 Å². The minimum Gasteiger partial charge on any atom is -0.143 e. The third-order valence-electron chi connectivity index (χ3n) is 26.1. The lowest BCUT2D eigenvalue weighted by atomic mass is 9.43. The maximum atomic E-state index is 2.62. The van der Waals surface area contributed by atoms with Gasteiger partial charge in [-0.3, -0.25) is 0 Å². The summed E-state index contributed by atoms with van der Waals surface area (Å²) in [7, 11) is 0. The van der Waals surface area contributed by atoms with Crippen LogP contribution in [0.2, 0.25) is 0 Å². The summed E-state index contributed by atoms with van der Waals surface area (Å²) < 4.78 is 0. The van der Waals surface area contributed by atoms with Crippen LogP contribution in [0.1, 0.15) is 43.9 Å². The van der Waals surface area contributed by atoms with Crippen LogP contribution >= 0.6 is 11.8 Å². The Morgan fingerprint density at radius 2 is 0.319 bits per heavy atom. The van der Waals surface area contributed by atoms with Gasteiger partial charge < -0.3 is 0 Å². The van der Waals surface area contributed by atoms with E-state index in [9.17, 15) is 0 Å². The summed E-state index contributed by atoms with van der Waals surface area (Å²) in [6.45, 7) is 0. The van der Waals surface area contributed by atoms with Crippen LogP contribution in [-0.4, -0.2) is 0 Å². The molecule has 7 aliphatic rings. The normalized spacial score (nSPS) is 25.2. The van der Waals surface area contributed by atoms with Gasteiger partial charge in [0.2, 0.25) is 0 Å². The Labute approximate surface area is 379 Å². The Balaban J connectivity index is 1.20. The molecule has 0 saturated carbocycles. The van der Waals surface area contributed by atoms with E-state index < -0.39 is 0 Å². The van der Waals surface area contributed by atoms with E-state index in [1.165, 1.54) is 0 Å². The van der Waals surface area contributed by atoms with Gasteiger partial charge in [-0.15, -0.1) is 11.8 Å². The lowest BCUT2D eigenvalue weighted by Crippen LogP contribution is -2.54. The average Bonchev–Trinajstić information content (AvgIpc) is 4.25. The topological polar surface area (TPSA) is 0 Å². The highest BCUT2D eigenvalue weighted by Crippen LogP contribution is 2.92. The highest BCUT2D eigenvalue weighted by atomic mass is 32.2. The minimum absolute atomic E-state index is 0.179. The smallest absolute Gasteiger partial charge is 0.0539 e. The molecule has 284 valence electrons. The first-order chi connectivity index (χ1) is 34.4. The molecule has 1 saturated heterocycles. The van der Waals surface area contributed by atoms with E-state index >= 15 is 0 Å². The van der Waals surface area contributed by atoms with Gasteiger partial charge in [-0.05, 0) is 324 Å². The average molecular weight is 855 g/mol. The number of benzene rings is 19. The summed E-state index contributed by atoms with van der Waals surface area (Å²) in [6.07, 6.45) is 0. The highest BCUT2D eigenvalue weighted by molar-refractivity contribution is 8.00. The molecule has 29 aromatic rings. The number of rotatable bonds is 0. The summed E-state index contributed by atoms with van der Waals surface area (Å²) in [5.41, 5.74) is 10.3. The van der Waals surface area contributed by atoms with Gasteiger partial charge in [-0.2, -0.15) is 0 Å². The molecule has 0 aromatic heterocycles. The SMILES string of the molecule is c1ccc2c(c1)C1SC2C23c4c5c6c7c8c9c(c%10c%11c2c2c4c4c%12c5c5c6c6c8c8c%13c9c9c%10c%10c%11c%11c2c2c4c4c%12c%12c5c5c6c8c6c8c%13c9c9c%10c%10c%11c2c2c4c4c%12c5c6c5c8c9c%10c2c45)C713. The summed E-state index contributed by atoms with van der Waals surface area (Å²) in [5.74, 6) is 0. The predicted octanol–water partition coefficient (Wildman–Crippen LogP) is 18.8. The Morgan fingerprint density at radius 3 is 0.464 bits per heavy atom. The first-order valence-corrected chi connectivity index (χ1v) is 26.9. The van der Waals surface area contributed by atoms with Crippen molar-refractivity contribution in [2.24, 2.45) is 0 Å². The Bertz CT molecular complexity index is 6830. The van der Waals surface area contributed by atoms with Crippen LogP contribution in [-0.2, 0) is 10.8 Å². The van der Waals surface area contributed by atoms with Crippen LogP contribution < -0.4 is 0 Å². The van der Waals surface area contributed by atoms with E-state index in [1.54, 1.807) is 302 Å². The van der Waals surface area contributed by atoms with E-state index in [-0.39, 0.29) is 10.8 Å². The quantitative estimate of drug-likeness (QED) is 0.137. The molecule has 0 amide bonds. The van der Waals surface area contributed by atoms with Crippen molar-refractivity contribution in [1.29, 1.82) is 0 Å². The van der Waals surface area contributed by atoms with Crippen molar-refractivity contribution >= 4 is 303 Å². The van der Waals surface area contributed by atoms with Gasteiger partial charge >= 0.3 is 0 Å². The Hall–Kier alpha value is -7.97. The summed E-state index contributed by atoms with van der Waals surface area (Å²) in [6, 6.07) is 10.1. The fraction of sp³-hybridized carbons (Fsp3) is 0.0588. The molecule has 69 heavy (non-hydrogen) atoms. The second kappa shape index (κ2) is 5.50. The third kappa shape index (κ3) is 1.26. The lowest BCUT2D eigenvalue weighted by Gasteiger charge is -2.56. The lowest BCUT2D eigenvalue weighted by molar-refractivity contribution is 0.316. The molecule has 2 spiro atoms. The second-order valence-electron chi connectivity index (χ2n) is 25.9. The van der Waals surface area contributed by atoms with Crippen molar-refractivity contribution in [2.45, 2.75) is 21.3 Å². The van der Waals surface area contributed by atoms with Gasteiger partial charge in [0.1, 0.15) is 0 Å². The van der Waals surface area contributed by atoms with Crippen molar-refractivity contribution in [1.82, 2.24) is 0 Å². The molecule has 29 aromatic carbocycles. The summed E-state index contributed by atoms with van der Waals surface area (Å²) in [5, 5.41) is 92.2. The largest absolute Gasteiger partial charge is 0.143 e. The molecular formula is C68H6S. The molecule has 2 atom stereocenters. The molecule has 1 fully saturated rings. The summed E-state index contributed by atoms with van der Waals surface area (Å²) in [4.78, 5) is 0. The van der Waals surface area contributed by atoms with Crippen LogP contribution in [0.5, 0.6) is 0 Å². The maximum absolute atomic E-state index is 2.62. The van der Waals surface area contributed by atoms with E-state index in [0.29, 0.717) is 10.5 Å². The molecular weight excluding hydrogens is 849 g/mol. The molecule has 36 rings (SSSR count). The van der Waals surface area contributed by atoms with E-state index in [4.69, 9.17) is 0 Å². The monoisotopic (exact) mass is 854 g/mol. The molecule has 5 aliphatic carbocycles. The summed E-state index contributed by atoms with van der Waals surface area (Å²) >= 11 is 2.44. The van der Waals surface area contributed by atoms with Crippen molar-refractivity contribution < 1.29 is 0 Å². The molecule has 2 unspecified atom stereocenters.